The number of likely N-dealkylation sites (tertiary alicyclic amines) is 1. The van der Waals surface area contributed by atoms with Gasteiger partial charge >= 0.3 is 0 Å². The fraction of sp³-hybridized carbons (Fsp3) is 0.600. The zero-order valence-corrected chi connectivity index (χ0v) is 11.5. The SMILES string of the molecule is Cn1ccc(CN2CC(CS(=O)(=O)Cl)CC2=O)n1. The van der Waals surface area contributed by atoms with Crippen LogP contribution in [0.5, 0.6) is 0 Å². The minimum Gasteiger partial charge on any atom is -0.336 e. The quantitative estimate of drug-likeness (QED) is 0.750. The highest BCUT2D eigenvalue weighted by molar-refractivity contribution is 8.13. The number of halogens is 1. The van der Waals surface area contributed by atoms with Gasteiger partial charge < -0.3 is 4.90 Å². The topological polar surface area (TPSA) is 72.3 Å². The molecule has 100 valence electrons. The molecule has 1 aromatic rings. The first kappa shape index (κ1) is 13.4. The predicted octanol–water partition coefficient (Wildman–Crippen LogP) is 0.337. The Balaban J connectivity index is 1.97. The number of hydrogen-bond acceptors (Lipinski definition) is 4. The van der Waals surface area contributed by atoms with Crippen LogP contribution in [0.3, 0.4) is 0 Å². The molecular weight excluding hydrogens is 278 g/mol. The minimum atomic E-state index is -3.55. The highest BCUT2D eigenvalue weighted by Crippen LogP contribution is 2.22. The maximum Gasteiger partial charge on any atom is 0.232 e. The molecule has 0 bridgehead atoms. The molecule has 0 aliphatic carbocycles. The average Bonchev–Trinajstić information content (AvgIpc) is 2.73. The fourth-order valence-electron chi connectivity index (χ4n) is 2.14. The van der Waals surface area contributed by atoms with Crippen molar-refractivity contribution in [3.63, 3.8) is 0 Å². The first-order valence-corrected chi connectivity index (χ1v) is 8.00. The highest BCUT2D eigenvalue weighted by atomic mass is 35.7. The normalized spacial score (nSPS) is 20.7. The number of nitrogens with zero attached hydrogens (tertiary/aromatic N) is 3. The van der Waals surface area contributed by atoms with Crippen LogP contribution in [-0.2, 0) is 27.4 Å². The van der Waals surface area contributed by atoms with E-state index in [1.165, 1.54) is 0 Å². The van der Waals surface area contributed by atoms with E-state index in [0.717, 1.165) is 5.69 Å². The van der Waals surface area contributed by atoms with E-state index in [2.05, 4.69) is 5.10 Å². The van der Waals surface area contributed by atoms with Crippen LogP contribution in [0.15, 0.2) is 12.3 Å². The fourth-order valence-corrected chi connectivity index (χ4v) is 3.46. The van der Waals surface area contributed by atoms with Crippen molar-refractivity contribution >= 4 is 25.6 Å². The number of carbonyl (C=O) groups excluding carboxylic acids is 1. The Morgan fingerprint density at radius 3 is 2.83 bits per heavy atom. The van der Waals surface area contributed by atoms with Crippen LogP contribution >= 0.6 is 10.7 Å². The number of carbonyl (C=O) groups is 1. The van der Waals surface area contributed by atoms with Crippen LogP contribution in [0.2, 0.25) is 0 Å². The molecule has 2 rings (SSSR count). The van der Waals surface area contributed by atoms with E-state index in [0.29, 0.717) is 13.1 Å². The van der Waals surface area contributed by atoms with E-state index < -0.39 is 9.05 Å². The summed E-state index contributed by atoms with van der Waals surface area (Å²) >= 11 is 0. The second-order valence-corrected chi connectivity index (χ2v) is 7.35. The summed E-state index contributed by atoms with van der Waals surface area (Å²) in [7, 11) is 3.45. The third-order valence-corrected chi connectivity index (χ3v) is 4.10. The molecule has 1 aliphatic heterocycles. The summed E-state index contributed by atoms with van der Waals surface area (Å²) in [6, 6.07) is 1.83. The molecule has 1 amide bonds. The maximum absolute atomic E-state index is 11.7. The lowest BCUT2D eigenvalue weighted by Gasteiger charge is -2.14. The molecule has 1 aliphatic rings. The molecule has 6 nitrogen and oxygen atoms in total. The van der Waals surface area contributed by atoms with E-state index >= 15 is 0 Å². The number of hydrogen-bond donors (Lipinski definition) is 0. The number of aryl methyl sites for hydroxylation is 1. The zero-order chi connectivity index (χ0) is 13.3. The van der Waals surface area contributed by atoms with Crippen LogP contribution < -0.4 is 0 Å². The Hall–Kier alpha value is -1.08. The largest absolute Gasteiger partial charge is 0.336 e. The summed E-state index contributed by atoms with van der Waals surface area (Å²) in [4.78, 5) is 13.4. The molecule has 18 heavy (non-hydrogen) atoms. The van der Waals surface area contributed by atoms with Crippen molar-refractivity contribution in [1.29, 1.82) is 0 Å². The van der Waals surface area contributed by atoms with Gasteiger partial charge in [-0.05, 0) is 6.07 Å². The van der Waals surface area contributed by atoms with Gasteiger partial charge in [-0.1, -0.05) is 0 Å². The second-order valence-electron chi connectivity index (χ2n) is 4.53. The monoisotopic (exact) mass is 291 g/mol. The highest BCUT2D eigenvalue weighted by Gasteiger charge is 2.32. The zero-order valence-electron chi connectivity index (χ0n) is 9.91. The first-order chi connectivity index (χ1) is 8.33. The molecule has 0 saturated carbocycles. The van der Waals surface area contributed by atoms with Gasteiger partial charge in [-0.15, -0.1) is 0 Å². The van der Waals surface area contributed by atoms with Crippen molar-refractivity contribution in [2.45, 2.75) is 13.0 Å². The molecular formula is C10H14ClN3O3S. The van der Waals surface area contributed by atoms with Crippen molar-refractivity contribution in [1.82, 2.24) is 14.7 Å². The lowest BCUT2D eigenvalue weighted by molar-refractivity contribution is -0.128. The third kappa shape index (κ3) is 3.46. The van der Waals surface area contributed by atoms with Crippen molar-refractivity contribution < 1.29 is 13.2 Å². The Labute approximate surface area is 110 Å². The molecule has 1 saturated heterocycles. The Morgan fingerprint density at radius 2 is 2.28 bits per heavy atom. The lowest BCUT2D eigenvalue weighted by atomic mass is 10.1. The van der Waals surface area contributed by atoms with E-state index in [-0.39, 0.29) is 24.0 Å². The van der Waals surface area contributed by atoms with Crippen molar-refractivity contribution in [2.75, 3.05) is 12.3 Å². The minimum absolute atomic E-state index is 0.0500. The molecule has 1 unspecified atom stereocenters. The Bertz CT molecular complexity index is 554. The molecule has 0 spiro atoms. The Morgan fingerprint density at radius 1 is 1.56 bits per heavy atom. The summed E-state index contributed by atoms with van der Waals surface area (Å²) in [5.74, 6) is -0.423. The molecule has 1 fully saturated rings. The third-order valence-electron chi connectivity index (χ3n) is 2.85. The van der Waals surface area contributed by atoms with Gasteiger partial charge in [-0.25, -0.2) is 8.42 Å². The number of rotatable bonds is 4. The van der Waals surface area contributed by atoms with Gasteiger partial charge in [-0.3, -0.25) is 9.48 Å². The molecule has 0 radical (unpaired) electrons. The van der Waals surface area contributed by atoms with Crippen molar-refractivity contribution in [3.05, 3.63) is 18.0 Å². The molecule has 1 aromatic heterocycles. The van der Waals surface area contributed by atoms with Crippen molar-refractivity contribution in [2.24, 2.45) is 13.0 Å². The van der Waals surface area contributed by atoms with Gasteiger partial charge in [0.15, 0.2) is 0 Å². The van der Waals surface area contributed by atoms with Gasteiger partial charge in [0.25, 0.3) is 0 Å². The van der Waals surface area contributed by atoms with Gasteiger partial charge in [0, 0.05) is 42.8 Å². The summed E-state index contributed by atoms with van der Waals surface area (Å²) < 4.78 is 23.6. The van der Waals surface area contributed by atoms with Gasteiger partial charge in [0.1, 0.15) is 0 Å². The van der Waals surface area contributed by atoms with Crippen LogP contribution in [0.1, 0.15) is 12.1 Å². The molecule has 2 heterocycles. The smallest absolute Gasteiger partial charge is 0.232 e. The number of aromatic nitrogens is 2. The summed E-state index contributed by atoms with van der Waals surface area (Å²) in [5.41, 5.74) is 0.792. The van der Waals surface area contributed by atoms with Gasteiger partial charge in [0.2, 0.25) is 15.0 Å². The molecule has 1 atom stereocenters. The average molecular weight is 292 g/mol. The van der Waals surface area contributed by atoms with Gasteiger partial charge in [0.05, 0.1) is 18.0 Å². The van der Waals surface area contributed by atoms with Crippen LogP contribution in [0.25, 0.3) is 0 Å². The van der Waals surface area contributed by atoms with Crippen LogP contribution in [-0.4, -0.2) is 41.3 Å². The van der Waals surface area contributed by atoms with Crippen LogP contribution in [0, 0.1) is 5.92 Å². The second kappa shape index (κ2) is 4.89. The van der Waals surface area contributed by atoms with Gasteiger partial charge in [-0.2, -0.15) is 5.10 Å². The Kier molecular flexibility index (Phi) is 3.63. The number of amides is 1. The van der Waals surface area contributed by atoms with E-state index in [1.54, 1.807) is 22.8 Å². The standard InChI is InChI=1S/C10H14ClN3O3S/c1-13-3-2-9(12-13)6-14-5-8(4-10(14)15)7-18(11,16)17/h2-3,8H,4-7H2,1H3. The van der Waals surface area contributed by atoms with Crippen LogP contribution in [0.4, 0.5) is 0 Å². The summed E-state index contributed by atoms with van der Waals surface area (Å²) in [6.45, 7) is 0.833. The lowest BCUT2D eigenvalue weighted by Crippen LogP contribution is -2.25. The van der Waals surface area contributed by atoms with Crippen molar-refractivity contribution in [3.8, 4) is 0 Å². The molecule has 0 aromatic carbocycles. The van der Waals surface area contributed by atoms with E-state index in [9.17, 15) is 13.2 Å². The predicted molar refractivity (Wildman–Crippen MR) is 66.4 cm³/mol. The summed E-state index contributed by atoms with van der Waals surface area (Å²) in [5, 5.41) is 4.19. The van der Waals surface area contributed by atoms with E-state index in [4.69, 9.17) is 10.7 Å². The molecule has 0 N–H and O–H groups in total. The van der Waals surface area contributed by atoms with E-state index in [1.807, 2.05) is 6.07 Å². The maximum atomic E-state index is 11.7. The molecule has 8 heteroatoms. The first-order valence-electron chi connectivity index (χ1n) is 5.52. The summed E-state index contributed by atoms with van der Waals surface area (Å²) in [6.07, 6.45) is 2.04.